The minimum Gasteiger partial charge on any atom is -0.508 e. The summed E-state index contributed by atoms with van der Waals surface area (Å²) in [5.41, 5.74) is 1.51. The monoisotopic (exact) mass is 338 g/mol. The predicted octanol–water partition coefficient (Wildman–Crippen LogP) is 4.45. The lowest BCUT2D eigenvalue weighted by atomic mass is 10.2. The van der Waals surface area contributed by atoms with Crippen molar-refractivity contribution >= 4 is 34.3 Å². The molecule has 1 heterocycles. The van der Waals surface area contributed by atoms with Crippen LogP contribution in [0, 0.1) is 0 Å². The number of anilines is 1. The Morgan fingerprint density at radius 2 is 2.00 bits per heavy atom. The van der Waals surface area contributed by atoms with Gasteiger partial charge in [-0.05, 0) is 30.7 Å². The highest BCUT2D eigenvalue weighted by atomic mass is 32.2. The van der Waals surface area contributed by atoms with Gasteiger partial charge < -0.3 is 10.4 Å². The first kappa shape index (κ1) is 16.3. The molecule has 1 unspecified atom stereocenters. The van der Waals surface area contributed by atoms with Crippen LogP contribution in [-0.2, 0) is 4.79 Å². The van der Waals surface area contributed by atoms with Crippen LogP contribution in [0.2, 0.25) is 0 Å². The molecular formula is C19H18N2O2S. The van der Waals surface area contributed by atoms with Crippen molar-refractivity contribution in [2.24, 2.45) is 0 Å². The van der Waals surface area contributed by atoms with Crippen LogP contribution in [0.4, 0.5) is 5.69 Å². The van der Waals surface area contributed by atoms with Crippen LogP contribution in [0.25, 0.3) is 10.9 Å². The number of carbonyl (C=O) groups is 1. The number of thioether (sulfide) groups is 1. The van der Waals surface area contributed by atoms with Crippen molar-refractivity contribution < 1.29 is 9.90 Å². The number of aromatic nitrogens is 1. The highest BCUT2D eigenvalue weighted by Crippen LogP contribution is 2.27. The van der Waals surface area contributed by atoms with Crippen molar-refractivity contribution in [3.8, 4) is 5.75 Å². The molecule has 3 rings (SSSR count). The molecule has 2 aromatic carbocycles. The largest absolute Gasteiger partial charge is 0.508 e. The molecule has 1 amide bonds. The predicted molar refractivity (Wildman–Crippen MR) is 98.4 cm³/mol. The molecule has 0 aliphatic rings. The standard InChI is InChI=1S/C19H18N2O2S/c1-2-17(19(23)20-14-7-5-8-15(22)12-14)24-18-11-10-13-6-3-4-9-16(13)21-18/h3-12,17,22H,2H2,1H3,(H,20,23). The number of aromatic hydroxyl groups is 1. The van der Waals surface area contributed by atoms with Gasteiger partial charge in [0.1, 0.15) is 5.75 Å². The number of carbonyl (C=O) groups excluding carboxylic acids is 1. The molecule has 2 N–H and O–H groups in total. The Bertz CT molecular complexity index is 867. The van der Waals surface area contributed by atoms with Crippen LogP contribution < -0.4 is 5.32 Å². The zero-order chi connectivity index (χ0) is 16.9. The van der Waals surface area contributed by atoms with E-state index >= 15 is 0 Å². The second kappa shape index (κ2) is 7.36. The molecule has 5 heteroatoms. The van der Waals surface area contributed by atoms with Gasteiger partial charge in [0, 0.05) is 17.1 Å². The lowest BCUT2D eigenvalue weighted by Gasteiger charge is -2.14. The fourth-order valence-electron chi connectivity index (χ4n) is 2.39. The molecule has 122 valence electrons. The molecule has 0 spiro atoms. The summed E-state index contributed by atoms with van der Waals surface area (Å²) in [5.74, 6) is 0.0350. The summed E-state index contributed by atoms with van der Waals surface area (Å²) in [6.07, 6.45) is 0.684. The SMILES string of the molecule is CCC(Sc1ccc2ccccc2n1)C(=O)Nc1cccc(O)c1. The van der Waals surface area contributed by atoms with Crippen molar-refractivity contribution in [1.29, 1.82) is 0 Å². The van der Waals surface area contributed by atoms with Gasteiger partial charge in [0.25, 0.3) is 0 Å². The highest BCUT2D eigenvalue weighted by molar-refractivity contribution is 8.00. The lowest BCUT2D eigenvalue weighted by Crippen LogP contribution is -2.24. The number of rotatable bonds is 5. The van der Waals surface area contributed by atoms with Crippen LogP contribution in [0.5, 0.6) is 5.75 Å². The second-order valence-electron chi connectivity index (χ2n) is 5.40. The number of phenolic OH excluding ortho intramolecular Hbond substituents is 1. The Kier molecular flexibility index (Phi) is 5.01. The van der Waals surface area contributed by atoms with E-state index in [1.54, 1.807) is 18.2 Å². The van der Waals surface area contributed by atoms with Gasteiger partial charge in [-0.3, -0.25) is 4.79 Å². The van der Waals surface area contributed by atoms with Gasteiger partial charge in [0.2, 0.25) is 5.91 Å². The van der Waals surface area contributed by atoms with E-state index in [0.29, 0.717) is 12.1 Å². The summed E-state index contributed by atoms with van der Waals surface area (Å²) in [6.45, 7) is 1.97. The molecule has 0 aliphatic carbocycles. The third kappa shape index (κ3) is 3.86. The molecule has 0 fully saturated rings. The normalized spacial score (nSPS) is 12.0. The third-order valence-electron chi connectivity index (χ3n) is 3.61. The molecule has 0 aliphatic heterocycles. The number of nitrogens with zero attached hydrogens (tertiary/aromatic N) is 1. The quantitative estimate of drug-likeness (QED) is 0.675. The molecule has 0 saturated heterocycles. The Balaban J connectivity index is 1.74. The van der Waals surface area contributed by atoms with Crippen LogP contribution in [-0.4, -0.2) is 21.2 Å². The Morgan fingerprint density at radius 1 is 1.17 bits per heavy atom. The zero-order valence-electron chi connectivity index (χ0n) is 13.3. The van der Waals surface area contributed by atoms with E-state index in [4.69, 9.17) is 0 Å². The third-order valence-corrected chi connectivity index (χ3v) is 4.91. The smallest absolute Gasteiger partial charge is 0.237 e. The first-order valence-electron chi connectivity index (χ1n) is 7.78. The molecule has 0 saturated carbocycles. The van der Waals surface area contributed by atoms with Crippen molar-refractivity contribution in [2.45, 2.75) is 23.6 Å². The van der Waals surface area contributed by atoms with E-state index in [-0.39, 0.29) is 16.9 Å². The average molecular weight is 338 g/mol. The summed E-state index contributed by atoms with van der Waals surface area (Å²) in [5, 5.41) is 14.0. The fourth-order valence-corrected chi connectivity index (χ4v) is 3.31. The van der Waals surface area contributed by atoms with Gasteiger partial charge in [-0.1, -0.05) is 49.0 Å². The molecule has 1 atom stereocenters. The van der Waals surface area contributed by atoms with Crippen molar-refractivity contribution in [3.63, 3.8) is 0 Å². The maximum atomic E-state index is 12.5. The van der Waals surface area contributed by atoms with Gasteiger partial charge in [0.15, 0.2) is 0 Å². The van der Waals surface area contributed by atoms with E-state index in [2.05, 4.69) is 10.3 Å². The molecule has 1 aromatic heterocycles. The Labute approximate surface area is 144 Å². The van der Waals surface area contributed by atoms with Crippen LogP contribution in [0.3, 0.4) is 0 Å². The van der Waals surface area contributed by atoms with E-state index in [1.165, 1.54) is 17.8 Å². The number of benzene rings is 2. The van der Waals surface area contributed by atoms with Gasteiger partial charge in [0.05, 0.1) is 15.8 Å². The van der Waals surface area contributed by atoms with Gasteiger partial charge in [-0.2, -0.15) is 0 Å². The number of hydrogen-bond acceptors (Lipinski definition) is 4. The summed E-state index contributed by atoms with van der Waals surface area (Å²) in [7, 11) is 0. The maximum Gasteiger partial charge on any atom is 0.237 e. The van der Waals surface area contributed by atoms with E-state index in [9.17, 15) is 9.90 Å². The number of nitrogens with one attached hydrogen (secondary N) is 1. The van der Waals surface area contributed by atoms with Crippen molar-refractivity contribution in [2.75, 3.05) is 5.32 Å². The van der Waals surface area contributed by atoms with Crippen molar-refractivity contribution in [1.82, 2.24) is 4.98 Å². The summed E-state index contributed by atoms with van der Waals surface area (Å²) < 4.78 is 0. The van der Waals surface area contributed by atoms with Gasteiger partial charge in [-0.25, -0.2) is 4.98 Å². The number of hydrogen-bond donors (Lipinski definition) is 2. The molecule has 3 aromatic rings. The number of phenols is 1. The minimum absolute atomic E-state index is 0.0944. The Hall–Kier alpha value is -2.53. The van der Waals surface area contributed by atoms with Gasteiger partial charge >= 0.3 is 0 Å². The van der Waals surface area contributed by atoms with E-state index in [0.717, 1.165) is 15.9 Å². The maximum absolute atomic E-state index is 12.5. The summed E-state index contributed by atoms with van der Waals surface area (Å²) in [4.78, 5) is 17.1. The number of pyridine rings is 1. The molecular weight excluding hydrogens is 320 g/mol. The average Bonchev–Trinajstić information content (AvgIpc) is 2.59. The second-order valence-corrected chi connectivity index (χ2v) is 6.62. The zero-order valence-corrected chi connectivity index (χ0v) is 14.1. The fraction of sp³-hybridized carbons (Fsp3) is 0.158. The molecule has 24 heavy (non-hydrogen) atoms. The first-order valence-corrected chi connectivity index (χ1v) is 8.66. The summed E-state index contributed by atoms with van der Waals surface area (Å²) in [6, 6.07) is 18.4. The summed E-state index contributed by atoms with van der Waals surface area (Å²) >= 11 is 1.45. The van der Waals surface area contributed by atoms with Gasteiger partial charge in [-0.15, -0.1) is 0 Å². The molecule has 0 radical (unpaired) electrons. The topological polar surface area (TPSA) is 62.2 Å². The number of para-hydroxylation sites is 1. The lowest BCUT2D eigenvalue weighted by molar-refractivity contribution is -0.115. The number of fused-ring (bicyclic) bond motifs is 1. The minimum atomic E-state index is -0.249. The highest BCUT2D eigenvalue weighted by Gasteiger charge is 2.19. The number of amides is 1. The Morgan fingerprint density at radius 3 is 2.79 bits per heavy atom. The van der Waals surface area contributed by atoms with Crippen LogP contribution in [0.1, 0.15) is 13.3 Å². The molecule has 4 nitrogen and oxygen atoms in total. The first-order chi connectivity index (χ1) is 11.7. The van der Waals surface area contributed by atoms with Crippen LogP contribution >= 0.6 is 11.8 Å². The van der Waals surface area contributed by atoms with E-state index in [1.807, 2.05) is 43.3 Å². The van der Waals surface area contributed by atoms with E-state index < -0.39 is 0 Å². The van der Waals surface area contributed by atoms with Crippen LogP contribution in [0.15, 0.2) is 65.7 Å². The molecule has 0 bridgehead atoms. The van der Waals surface area contributed by atoms with Crippen molar-refractivity contribution in [3.05, 3.63) is 60.7 Å².